The molecule has 0 unspecified atom stereocenters. The highest BCUT2D eigenvalue weighted by Crippen LogP contribution is 2.27. The van der Waals surface area contributed by atoms with Gasteiger partial charge in [0.1, 0.15) is 7.85 Å². The van der Waals surface area contributed by atoms with Crippen molar-refractivity contribution < 1.29 is 0 Å². The fraction of sp³-hybridized carbons (Fsp3) is 0.833. The normalized spacial score (nSPS) is 12.1. The number of rotatable bonds is 6. The summed E-state index contributed by atoms with van der Waals surface area (Å²) in [6.45, 7) is 13.2. The second-order valence-electron chi connectivity index (χ2n) is 5.58. The second kappa shape index (κ2) is 5.52. The van der Waals surface area contributed by atoms with Gasteiger partial charge in [-0.3, -0.25) is 0 Å². The molecule has 0 atom stereocenters. The van der Waals surface area contributed by atoms with E-state index in [1.165, 1.54) is 31.3 Å². The fourth-order valence-electron chi connectivity index (χ4n) is 1.30. The third-order valence-corrected chi connectivity index (χ3v) is 2.49. The maximum Gasteiger partial charge on any atom is 0.108 e. The van der Waals surface area contributed by atoms with Gasteiger partial charge in [-0.25, -0.2) is 0 Å². The Labute approximate surface area is 85.2 Å². The Morgan fingerprint density at radius 3 is 2.23 bits per heavy atom. The molecule has 0 aliphatic heterocycles. The van der Waals surface area contributed by atoms with Gasteiger partial charge in [0.25, 0.3) is 0 Å². The monoisotopic (exact) mass is 180 g/mol. The Balaban J connectivity index is 3.42. The zero-order valence-electron chi connectivity index (χ0n) is 10.1. The SMILES string of the molecule is BC(C)(C)CCCCC(=C)C(C)C. The van der Waals surface area contributed by atoms with Crippen molar-refractivity contribution in [3.05, 3.63) is 12.2 Å². The van der Waals surface area contributed by atoms with Crippen molar-refractivity contribution in [1.82, 2.24) is 0 Å². The molecule has 0 N–H and O–H groups in total. The summed E-state index contributed by atoms with van der Waals surface area (Å²) in [5, 5.41) is 0.499. The minimum atomic E-state index is 0.499. The van der Waals surface area contributed by atoms with Crippen LogP contribution >= 0.6 is 0 Å². The van der Waals surface area contributed by atoms with Gasteiger partial charge < -0.3 is 0 Å². The lowest BCUT2D eigenvalue weighted by atomic mass is 9.69. The van der Waals surface area contributed by atoms with Crippen LogP contribution < -0.4 is 0 Å². The molecular formula is C12H25B. The summed E-state index contributed by atoms with van der Waals surface area (Å²) in [7, 11) is 2.31. The van der Waals surface area contributed by atoms with Crippen LogP contribution in [0.15, 0.2) is 12.2 Å². The van der Waals surface area contributed by atoms with E-state index >= 15 is 0 Å². The predicted octanol–water partition coefficient (Wildman–Crippen LogP) is 3.59. The molecule has 0 saturated carbocycles. The van der Waals surface area contributed by atoms with Gasteiger partial charge in [0.15, 0.2) is 0 Å². The maximum absolute atomic E-state index is 4.09. The lowest BCUT2D eigenvalue weighted by molar-refractivity contribution is 0.548. The fourth-order valence-corrected chi connectivity index (χ4v) is 1.30. The molecule has 0 heterocycles. The molecule has 0 amide bonds. The van der Waals surface area contributed by atoms with Crippen LogP contribution in [0.25, 0.3) is 0 Å². The smallest absolute Gasteiger partial charge is 0.0996 e. The van der Waals surface area contributed by atoms with Gasteiger partial charge in [0.2, 0.25) is 0 Å². The largest absolute Gasteiger partial charge is 0.108 e. The van der Waals surface area contributed by atoms with Crippen LogP contribution in [-0.4, -0.2) is 7.85 Å². The van der Waals surface area contributed by atoms with E-state index in [1.807, 2.05) is 0 Å². The minimum absolute atomic E-state index is 0.499. The molecule has 13 heavy (non-hydrogen) atoms. The third kappa shape index (κ3) is 8.14. The summed E-state index contributed by atoms with van der Waals surface area (Å²) < 4.78 is 0. The van der Waals surface area contributed by atoms with Crippen LogP contribution in [0.2, 0.25) is 5.31 Å². The van der Waals surface area contributed by atoms with Crippen LogP contribution in [-0.2, 0) is 0 Å². The molecular weight excluding hydrogens is 155 g/mol. The zero-order chi connectivity index (χ0) is 10.5. The van der Waals surface area contributed by atoms with Crippen molar-refractivity contribution in [3.8, 4) is 0 Å². The van der Waals surface area contributed by atoms with Crippen LogP contribution in [0, 0.1) is 5.92 Å². The summed E-state index contributed by atoms with van der Waals surface area (Å²) >= 11 is 0. The van der Waals surface area contributed by atoms with E-state index in [1.54, 1.807) is 0 Å². The first kappa shape index (κ1) is 12.8. The van der Waals surface area contributed by atoms with E-state index in [-0.39, 0.29) is 0 Å². The molecule has 0 rings (SSSR count). The van der Waals surface area contributed by atoms with Gasteiger partial charge in [-0.15, -0.1) is 0 Å². The Kier molecular flexibility index (Phi) is 5.43. The Bertz CT molecular complexity index is 151. The summed E-state index contributed by atoms with van der Waals surface area (Å²) in [5.41, 5.74) is 1.41. The van der Waals surface area contributed by atoms with E-state index in [4.69, 9.17) is 0 Å². The Morgan fingerprint density at radius 1 is 1.31 bits per heavy atom. The number of hydrogen-bond acceptors (Lipinski definition) is 0. The van der Waals surface area contributed by atoms with Crippen molar-refractivity contribution in [2.75, 3.05) is 0 Å². The summed E-state index contributed by atoms with van der Waals surface area (Å²) in [5.74, 6) is 0.662. The summed E-state index contributed by atoms with van der Waals surface area (Å²) in [6.07, 6.45) is 5.20. The Hall–Kier alpha value is -0.195. The van der Waals surface area contributed by atoms with Gasteiger partial charge in [-0.1, -0.05) is 58.0 Å². The average molecular weight is 180 g/mol. The van der Waals surface area contributed by atoms with Gasteiger partial charge in [0.05, 0.1) is 0 Å². The number of unbranched alkanes of at least 4 members (excludes halogenated alkanes) is 1. The number of hydrogen-bond donors (Lipinski definition) is 0. The van der Waals surface area contributed by atoms with Crippen LogP contribution in [0.3, 0.4) is 0 Å². The van der Waals surface area contributed by atoms with E-state index in [2.05, 4.69) is 42.1 Å². The van der Waals surface area contributed by atoms with E-state index in [0.717, 1.165) is 0 Å². The molecule has 1 heteroatoms. The average Bonchev–Trinajstić information content (AvgIpc) is 1.95. The molecule has 0 nitrogen and oxygen atoms in total. The van der Waals surface area contributed by atoms with Gasteiger partial charge in [-0.05, 0) is 18.8 Å². The topological polar surface area (TPSA) is 0 Å². The van der Waals surface area contributed by atoms with Crippen molar-refractivity contribution >= 4 is 7.85 Å². The Morgan fingerprint density at radius 2 is 1.85 bits per heavy atom. The first-order valence-electron chi connectivity index (χ1n) is 5.50. The lowest BCUT2D eigenvalue weighted by Crippen LogP contribution is -2.01. The molecule has 0 aliphatic rings. The van der Waals surface area contributed by atoms with Gasteiger partial charge in [-0.2, -0.15) is 0 Å². The molecule has 0 fully saturated rings. The van der Waals surface area contributed by atoms with Crippen LogP contribution in [0.1, 0.15) is 53.4 Å². The van der Waals surface area contributed by atoms with Gasteiger partial charge in [0, 0.05) is 0 Å². The van der Waals surface area contributed by atoms with Crippen molar-refractivity contribution in [3.63, 3.8) is 0 Å². The highest BCUT2D eigenvalue weighted by Gasteiger charge is 2.09. The quantitative estimate of drug-likeness (QED) is 0.333. The molecule has 0 radical (unpaired) electrons. The number of allylic oxidation sites excluding steroid dienone is 1. The molecule has 76 valence electrons. The maximum atomic E-state index is 4.09. The highest BCUT2D eigenvalue weighted by atomic mass is 14.1. The standard InChI is InChI=1S/C12H25B/c1-10(2)11(3)8-6-7-9-12(4,5)13/h10H,3,6-9,13H2,1-2,4-5H3. The highest BCUT2D eigenvalue weighted by molar-refractivity contribution is 6.14. The predicted molar refractivity (Wildman–Crippen MR) is 65.0 cm³/mol. The van der Waals surface area contributed by atoms with Crippen molar-refractivity contribution in [2.24, 2.45) is 5.92 Å². The van der Waals surface area contributed by atoms with Crippen molar-refractivity contribution in [1.29, 1.82) is 0 Å². The molecule has 0 aromatic heterocycles. The summed E-state index contributed by atoms with van der Waals surface area (Å²) in [6, 6.07) is 0. The van der Waals surface area contributed by atoms with Crippen LogP contribution in [0.5, 0.6) is 0 Å². The third-order valence-electron chi connectivity index (χ3n) is 2.49. The summed E-state index contributed by atoms with van der Waals surface area (Å²) in [4.78, 5) is 0. The second-order valence-corrected chi connectivity index (χ2v) is 5.58. The molecule has 0 aromatic rings. The molecule has 0 saturated heterocycles. The molecule has 0 aromatic carbocycles. The first-order chi connectivity index (χ1) is 5.83. The molecule has 0 bridgehead atoms. The van der Waals surface area contributed by atoms with Crippen LogP contribution in [0.4, 0.5) is 0 Å². The van der Waals surface area contributed by atoms with E-state index in [9.17, 15) is 0 Å². The lowest BCUT2D eigenvalue weighted by Gasteiger charge is -2.18. The zero-order valence-corrected chi connectivity index (χ0v) is 10.1. The first-order valence-corrected chi connectivity index (χ1v) is 5.50. The van der Waals surface area contributed by atoms with Crippen molar-refractivity contribution in [2.45, 2.75) is 58.7 Å². The molecule has 0 spiro atoms. The molecule has 0 aliphatic carbocycles. The minimum Gasteiger partial charge on any atom is -0.0996 e. The van der Waals surface area contributed by atoms with E-state index < -0.39 is 0 Å². The van der Waals surface area contributed by atoms with E-state index in [0.29, 0.717) is 11.2 Å². The van der Waals surface area contributed by atoms with Gasteiger partial charge >= 0.3 is 0 Å².